The summed E-state index contributed by atoms with van der Waals surface area (Å²) in [5.41, 5.74) is 0.0907. The first-order valence-corrected chi connectivity index (χ1v) is 10.4. The molecule has 0 radical (unpaired) electrons. The van der Waals surface area contributed by atoms with E-state index in [1.807, 2.05) is 0 Å². The minimum atomic E-state index is -1.28. The van der Waals surface area contributed by atoms with Crippen LogP contribution in [-0.2, 0) is 4.74 Å². The number of hydrogen-bond acceptors (Lipinski definition) is 7. The van der Waals surface area contributed by atoms with Gasteiger partial charge in [-0.2, -0.15) is 0 Å². The highest BCUT2D eigenvalue weighted by molar-refractivity contribution is 5.91. The molecule has 0 saturated carbocycles. The van der Waals surface area contributed by atoms with Gasteiger partial charge in [0.05, 0.1) is 17.1 Å². The van der Waals surface area contributed by atoms with E-state index in [0.717, 1.165) is 0 Å². The normalized spacial score (nSPS) is 27.7. The Morgan fingerprint density at radius 3 is 2.56 bits per heavy atom. The standard InChI is InChI=1S/C25H30O7/c1-8-12-29-22-16-10-11-17(14(5)21(16)31-23(28)18(22)13(3)4)30-24-20(27)19(26)15(6)25(7,9-2)32-24/h8-11,15,19-20,24,26-27H,1-3,12H2,4-7H3/t15-,19-,20-,24?,25+/m1/s1. The maximum Gasteiger partial charge on any atom is 0.347 e. The first kappa shape index (κ1) is 23.8. The van der Waals surface area contributed by atoms with Crippen molar-refractivity contribution in [1.29, 1.82) is 0 Å². The highest BCUT2D eigenvalue weighted by Gasteiger charge is 2.48. The second-order valence-corrected chi connectivity index (χ2v) is 8.30. The zero-order valence-electron chi connectivity index (χ0n) is 18.9. The molecule has 0 aliphatic carbocycles. The Balaban J connectivity index is 2.08. The van der Waals surface area contributed by atoms with Crippen molar-refractivity contribution in [3.8, 4) is 11.5 Å². The molecule has 1 fully saturated rings. The first-order chi connectivity index (χ1) is 15.1. The summed E-state index contributed by atoms with van der Waals surface area (Å²) in [6.07, 6.45) is -0.349. The number of fused-ring (bicyclic) bond motifs is 1. The van der Waals surface area contributed by atoms with Crippen molar-refractivity contribution in [3.05, 3.63) is 65.6 Å². The number of allylic oxidation sites excluding steroid dienone is 1. The number of aliphatic hydroxyl groups excluding tert-OH is 2. The van der Waals surface area contributed by atoms with Gasteiger partial charge in [0.15, 0.2) is 0 Å². The van der Waals surface area contributed by atoms with Gasteiger partial charge >= 0.3 is 5.63 Å². The summed E-state index contributed by atoms with van der Waals surface area (Å²) in [4.78, 5) is 12.7. The van der Waals surface area contributed by atoms with E-state index in [9.17, 15) is 15.0 Å². The minimum Gasteiger partial charge on any atom is -0.488 e. The molecule has 2 heterocycles. The lowest BCUT2D eigenvalue weighted by Gasteiger charge is -2.46. The minimum absolute atomic E-state index is 0.203. The van der Waals surface area contributed by atoms with E-state index < -0.39 is 35.6 Å². The monoisotopic (exact) mass is 442 g/mol. The molecule has 7 nitrogen and oxygen atoms in total. The molecule has 0 spiro atoms. The molecule has 5 atom stereocenters. The predicted octanol–water partition coefficient (Wildman–Crippen LogP) is 3.74. The molecule has 2 N–H and O–H groups in total. The molecule has 1 aromatic heterocycles. The van der Waals surface area contributed by atoms with Crippen molar-refractivity contribution >= 4 is 16.5 Å². The van der Waals surface area contributed by atoms with E-state index in [2.05, 4.69) is 19.7 Å². The van der Waals surface area contributed by atoms with Crippen LogP contribution in [0.3, 0.4) is 0 Å². The lowest BCUT2D eigenvalue weighted by Crippen LogP contribution is -2.59. The van der Waals surface area contributed by atoms with E-state index in [1.165, 1.54) is 0 Å². The molecular weight excluding hydrogens is 412 g/mol. The zero-order valence-corrected chi connectivity index (χ0v) is 18.9. The van der Waals surface area contributed by atoms with Crippen LogP contribution in [0.4, 0.5) is 0 Å². The van der Waals surface area contributed by atoms with E-state index >= 15 is 0 Å². The number of aryl methyl sites for hydroxylation is 1. The van der Waals surface area contributed by atoms with Gasteiger partial charge in [-0.15, -0.1) is 6.58 Å². The molecule has 32 heavy (non-hydrogen) atoms. The van der Waals surface area contributed by atoms with Gasteiger partial charge < -0.3 is 28.8 Å². The Hall–Kier alpha value is -2.87. The fraction of sp³-hybridized carbons (Fsp3) is 0.400. The third kappa shape index (κ3) is 3.99. The fourth-order valence-electron chi connectivity index (χ4n) is 3.82. The SMILES string of the molecule is C=CCOc1c(C(=C)C)c(=O)oc2c(C)c(OC3O[C@@](C)(C=C)[C@H](C)[C@@H](O)[C@H]3O)ccc12. The Kier molecular flexibility index (Phi) is 6.64. The molecule has 3 rings (SSSR count). The molecule has 1 aliphatic rings. The van der Waals surface area contributed by atoms with Crippen molar-refractivity contribution in [2.75, 3.05) is 6.61 Å². The fourth-order valence-corrected chi connectivity index (χ4v) is 3.82. The molecule has 1 aromatic carbocycles. The van der Waals surface area contributed by atoms with Gasteiger partial charge in [-0.3, -0.25) is 0 Å². The lowest BCUT2D eigenvalue weighted by molar-refractivity contribution is -0.275. The van der Waals surface area contributed by atoms with Gasteiger partial charge in [0.25, 0.3) is 0 Å². The number of ether oxygens (including phenoxy) is 3. The van der Waals surface area contributed by atoms with Gasteiger partial charge in [0.2, 0.25) is 6.29 Å². The van der Waals surface area contributed by atoms with Crippen molar-refractivity contribution in [3.63, 3.8) is 0 Å². The molecule has 1 saturated heterocycles. The van der Waals surface area contributed by atoms with Crippen LogP contribution in [-0.4, -0.2) is 40.9 Å². The number of rotatable bonds is 7. The number of aliphatic hydroxyl groups is 2. The second kappa shape index (κ2) is 8.94. The average Bonchev–Trinajstić information content (AvgIpc) is 2.75. The van der Waals surface area contributed by atoms with Crippen molar-refractivity contribution < 1.29 is 28.8 Å². The predicted molar refractivity (Wildman–Crippen MR) is 123 cm³/mol. The first-order valence-electron chi connectivity index (χ1n) is 10.4. The third-order valence-electron chi connectivity index (χ3n) is 6.06. The Morgan fingerprint density at radius 2 is 1.97 bits per heavy atom. The van der Waals surface area contributed by atoms with Gasteiger partial charge in [-0.25, -0.2) is 4.79 Å². The van der Waals surface area contributed by atoms with Crippen LogP contribution in [0.5, 0.6) is 11.5 Å². The molecule has 1 unspecified atom stereocenters. The molecule has 2 aromatic rings. The highest BCUT2D eigenvalue weighted by Crippen LogP contribution is 2.39. The Morgan fingerprint density at radius 1 is 1.28 bits per heavy atom. The van der Waals surface area contributed by atoms with Crippen LogP contribution in [0.25, 0.3) is 16.5 Å². The van der Waals surface area contributed by atoms with E-state index in [-0.39, 0.29) is 17.8 Å². The maximum absolute atomic E-state index is 12.7. The summed E-state index contributed by atoms with van der Waals surface area (Å²) in [6.45, 7) is 18.5. The summed E-state index contributed by atoms with van der Waals surface area (Å²) in [5, 5.41) is 21.6. The largest absolute Gasteiger partial charge is 0.488 e. The topological polar surface area (TPSA) is 98.4 Å². The molecule has 172 valence electrons. The van der Waals surface area contributed by atoms with Crippen LogP contribution < -0.4 is 15.1 Å². The van der Waals surface area contributed by atoms with Crippen molar-refractivity contribution in [1.82, 2.24) is 0 Å². The molecule has 0 amide bonds. The van der Waals surface area contributed by atoms with Crippen LogP contribution in [0.2, 0.25) is 0 Å². The molecule has 7 heteroatoms. The number of benzene rings is 1. The second-order valence-electron chi connectivity index (χ2n) is 8.30. The van der Waals surface area contributed by atoms with Crippen LogP contribution in [0, 0.1) is 12.8 Å². The van der Waals surface area contributed by atoms with E-state index in [1.54, 1.807) is 52.0 Å². The Labute approximate surface area is 187 Å². The van der Waals surface area contributed by atoms with E-state index in [4.69, 9.17) is 18.6 Å². The highest BCUT2D eigenvalue weighted by atomic mass is 16.7. The van der Waals surface area contributed by atoms with Gasteiger partial charge in [-0.05, 0) is 38.5 Å². The average molecular weight is 443 g/mol. The van der Waals surface area contributed by atoms with Gasteiger partial charge in [0.1, 0.15) is 35.4 Å². The van der Waals surface area contributed by atoms with Gasteiger partial charge in [-0.1, -0.05) is 32.2 Å². The van der Waals surface area contributed by atoms with Crippen molar-refractivity contribution in [2.45, 2.75) is 51.8 Å². The summed E-state index contributed by atoms with van der Waals surface area (Å²) >= 11 is 0. The molecule has 1 aliphatic heterocycles. The van der Waals surface area contributed by atoms with Crippen LogP contribution in [0.1, 0.15) is 31.9 Å². The van der Waals surface area contributed by atoms with Crippen molar-refractivity contribution in [2.24, 2.45) is 5.92 Å². The van der Waals surface area contributed by atoms with Gasteiger partial charge in [0, 0.05) is 11.5 Å². The lowest BCUT2D eigenvalue weighted by atomic mass is 9.81. The van der Waals surface area contributed by atoms with Crippen LogP contribution in [0.15, 0.2) is 53.2 Å². The zero-order chi connectivity index (χ0) is 23.8. The Bertz CT molecular complexity index is 1120. The quantitative estimate of drug-likeness (QED) is 0.498. The number of hydrogen-bond donors (Lipinski definition) is 2. The summed E-state index contributed by atoms with van der Waals surface area (Å²) < 4.78 is 23.3. The summed E-state index contributed by atoms with van der Waals surface area (Å²) in [6, 6.07) is 3.37. The smallest absolute Gasteiger partial charge is 0.347 e. The molecule has 0 bridgehead atoms. The summed E-state index contributed by atoms with van der Waals surface area (Å²) in [7, 11) is 0. The van der Waals surface area contributed by atoms with Crippen LogP contribution >= 0.6 is 0 Å². The molecular formula is C25H30O7. The maximum atomic E-state index is 12.7. The third-order valence-corrected chi connectivity index (χ3v) is 6.06. The summed E-state index contributed by atoms with van der Waals surface area (Å²) in [5.74, 6) is 0.294. The van der Waals surface area contributed by atoms with E-state index in [0.29, 0.717) is 28.0 Å².